The molecule has 28 heavy (non-hydrogen) atoms. The summed E-state index contributed by atoms with van der Waals surface area (Å²) >= 11 is 5.97. The summed E-state index contributed by atoms with van der Waals surface area (Å²) in [5.41, 5.74) is 8.51. The van der Waals surface area contributed by atoms with E-state index in [1.165, 1.54) is 5.56 Å². The lowest BCUT2D eigenvalue weighted by Gasteiger charge is -2.39. The number of carbonyl (C=O) groups is 1. The van der Waals surface area contributed by atoms with E-state index in [2.05, 4.69) is 24.0 Å². The number of hydrogen-bond acceptors (Lipinski definition) is 3. The van der Waals surface area contributed by atoms with Gasteiger partial charge in [-0.1, -0.05) is 54.1 Å². The quantitative estimate of drug-likeness (QED) is 0.759. The number of nitrogens with zero attached hydrogens (tertiary/aromatic N) is 2. The molecule has 0 saturated carbocycles. The molecule has 0 radical (unpaired) electrons. The second-order valence-electron chi connectivity index (χ2n) is 6.88. The number of rotatable bonds is 5. The van der Waals surface area contributed by atoms with Gasteiger partial charge >= 0.3 is 0 Å². The minimum absolute atomic E-state index is 0. The number of hydrogen-bond donors (Lipinski definition) is 1. The average molecular weight is 445 g/mol. The van der Waals surface area contributed by atoms with Gasteiger partial charge in [-0.15, -0.1) is 24.8 Å². The lowest BCUT2D eigenvalue weighted by molar-refractivity contribution is -0.134. The van der Waals surface area contributed by atoms with Crippen LogP contribution in [0.25, 0.3) is 0 Å². The molecular weight excluding hydrogens is 417 g/mol. The number of piperazine rings is 1. The molecule has 1 amide bonds. The van der Waals surface area contributed by atoms with Crippen LogP contribution in [-0.2, 0) is 11.2 Å². The summed E-state index contributed by atoms with van der Waals surface area (Å²) in [6.07, 6.45) is 0.584. The monoisotopic (exact) mass is 443 g/mol. The summed E-state index contributed by atoms with van der Waals surface area (Å²) in [7, 11) is 0. The van der Waals surface area contributed by atoms with E-state index < -0.39 is 6.04 Å². The Morgan fingerprint density at radius 1 is 1.00 bits per heavy atom. The highest BCUT2D eigenvalue weighted by Crippen LogP contribution is 2.23. The lowest BCUT2D eigenvalue weighted by Crippen LogP contribution is -2.53. The molecule has 1 aliphatic heterocycles. The van der Waals surface area contributed by atoms with Crippen LogP contribution in [0.15, 0.2) is 54.6 Å². The molecule has 0 aromatic heterocycles. The van der Waals surface area contributed by atoms with Crippen molar-refractivity contribution in [1.29, 1.82) is 0 Å². The van der Waals surface area contributed by atoms with Crippen molar-refractivity contribution in [3.63, 3.8) is 0 Å². The maximum atomic E-state index is 12.7. The predicted molar refractivity (Wildman–Crippen MR) is 121 cm³/mol. The van der Waals surface area contributed by atoms with Crippen LogP contribution >= 0.6 is 36.4 Å². The standard InChI is InChI=1S/C21H26ClN3O.2ClH/c1-16(18-7-9-19(22)10-8-18)24-11-13-25(14-12-24)21(26)20(23)15-17-5-3-2-4-6-17;;/h2-10,16,20H,11-15,23H2,1H3;2*1H. The summed E-state index contributed by atoms with van der Waals surface area (Å²) in [5.74, 6) is 0.0487. The SMILES string of the molecule is CC(c1ccc(Cl)cc1)N1CCN(C(=O)C(N)Cc2ccccc2)CC1.Cl.Cl. The molecule has 4 nitrogen and oxygen atoms in total. The zero-order valence-electron chi connectivity index (χ0n) is 16.0. The molecule has 154 valence electrons. The zero-order valence-corrected chi connectivity index (χ0v) is 18.3. The topological polar surface area (TPSA) is 49.6 Å². The summed E-state index contributed by atoms with van der Waals surface area (Å²) < 4.78 is 0. The van der Waals surface area contributed by atoms with Gasteiger partial charge in [-0.3, -0.25) is 9.69 Å². The highest BCUT2D eigenvalue weighted by molar-refractivity contribution is 6.30. The third kappa shape index (κ3) is 6.36. The van der Waals surface area contributed by atoms with Gasteiger partial charge in [0, 0.05) is 37.2 Å². The Hall–Kier alpha value is -1.30. The van der Waals surface area contributed by atoms with E-state index in [1.54, 1.807) is 0 Å². The summed E-state index contributed by atoms with van der Waals surface area (Å²) in [6, 6.07) is 17.8. The van der Waals surface area contributed by atoms with Crippen LogP contribution in [0.4, 0.5) is 0 Å². The molecule has 1 saturated heterocycles. The number of benzene rings is 2. The predicted octanol–water partition coefficient (Wildman–Crippen LogP) is 3.96. The third-order valence-corrected chi connectivity index (χ3v) is 5.39. The lowest BCUT2D eigenvalue weighted by atomic mass is 10.0. The molecule has 2 atom stereocenters. The van der Waals surface area contributed by atoms with Crippen molar-refractivity contribution in [2.75, 3.05) is 26.2 Å². The second kappa shape index (κ2) is 11.6. The largest absolute Gasteiger partial charge is 0.339 e. The van der Waals surface area contributed by atoms with E-state index in [-0.39, 0.29) is 30.7 Å². The van der Waals surface area contributed by atoms with Crippen LogP contribution in [0, 0.1) is 0 Å². The number of nitrogens with two attached hydrogens (primary N) is 1. The third-order valence-electron chi connectivity index (χ3n) is 5.14. The van der Waals surface area contributed by atoms with Gasteiger partial charge in [-0.2, -0.15) is 0 Å². The number of carbonyl (C=O) groups excluding carboxylic acids is 1. The van der Waals surface area contributed by atoms with Crippen molar-refractivity contribution in [2.24, 2.45) is 5.73 Å². The van der Waals surface area contributed by atoms with Gasteiger partial charge in [0.05, 0.1) is 6.04 Å². The molecule has 3 rings (SSSR count). The van der Waals surface area contributed by atoms with E-state index in [1.807, 2.05) is 47.4 Å². The summed E-state index contributed by atoms with van der Waals surface area (Å²) in [4.78, 5) is 17.0. The number of halogens is 3. The van der Waals surface area contributed by atoms with Gasteiger partial charge in [0.15, 0.2) is 0 Å². The molecular formula is C21H28Cl3N3O. The fourth-order valence-corrected chi connectivity index (χ4v) is 3.60. The van der Waals surface area contributed by atoms with Crippen molar-refractivity contribution in [2.45, 2.75) is 25.4 Å². The van der Waals surface area contributed by atoms with Crippen molar-refractivity contribution in [1.82, 2.24) is 9.80 Å². The second-order valence-corrected chi connectivity index (χ2v) is 7.32. The minimum Gasteiger partial charge on any atom is -0.339 e. The van der Waals surface area contributed by atoms with Crippen molar-refractivity contribution < 1.29 is 4.79 Å². The van der Waals surface area contributed by atoms with Crippen molar-refractivity contribution in [3.05, 3.63) is 70.7 Å². The normalized spacial score (nSPS) is 16.5. The van der Waals surface area contributed by atoms with E-state index in [4.69, 9.17) is 17.3 Å². The molecule has 7 heteroatoms. The van der Waals surface area contributed by atoms with Crippen LogP contribution < -0.4 is 5.73 Å². The van der Waals surface area contributed by atoms with Crippen LogP contribution in [0.1, 0.15) is 24.1 Å². The highest BCUT2D eigenvalue weighted by Gasteiger charge is 2.27. The Morgan fingerprint density at radius 2 is 1.57 bits per heavy atom. The Morgan fingerprint density at radius 3 is 2.14 bits per heavy atom. The zero-order chi connectivity index (χ0) is 18.5. The fourth-order valence-electron chi connectivity index (χ4n) is 3.47. The molecule has 2 aromatic carbocycles. The van der Waals surface area contributed by atoms with Gasteiger partial charge in [0.1, 0.15) is 0 Å². The van der Waals surface area contributed by atoms with Gasteiger partial charge in [0.25, 0.3) is 0 Å². The molecule has 0 aliphatic carbocycles. The Bertz CT molecular complexity index is 719. The highest BCUT2D eigenvalue weighted by atomic mass is 35.5. The van der Waals surface area contributed by atoms with Crippen LogP contribution in [0.5, 0.6) is 0 Å². The molecule has 0 spiro atoms. The van der Waals surface area contributed by atoms with Crippen LogP contribution in [0.2, 0.25) is 5.02 Å². The molecule has 1 fully saturated rings. The molecule has 1 aliphatic rings. The smallest absolute Gasteiger partial charge is 0.239 e. The summed E-state index contributed by atoms with van der Waals surface area (Å²) in [6.45, 7) is 5.35. The van der Waals surface area contributed by atoms with Gasteiger partial charge < -0.3 is 10.6 Å². The first-order valence-electron chi connectivity index (χ1n) is 9.12. The van der Waals surface area contributed by atoms with E-state index in [0.717, 1.165) is 36.8 Å². The molecule has 0 bridgehead atoms. The maximum absolute atomic E-state index is 12.7. The van der Waals surface area contributed by atoms with E-state index in [9.17, 15) is 4.79 Å². The van der Waals surface area contributed by atoms with E-state index >= 15 is 0 Å². The van der Waals surface area contributed by atoms with Gasteiger partial charge in [0.2, 0.25) is 5.91 Å². The van der Waals surface area contributed by atoms with Gasteiger partial charge in [-0.25, -0.2) is 0 Å². The Labute approximate surface area is 184 Å². The van der Waals surface area contributed by atoms with Crippen molar-refractivity contribution in [3.8, 4) is 0 Å². The molecule has 2 aromatic rings. The molecule has 1 heterocycles. The Kier molecular flexibility index (Phi) is 10.3. The first kappa shape index (κ1) is 24.7. The van der Waals surface area contributed by atoms with Crippen LogP contribution in [-0.4, -0.2) is 47.9 Å². The van der Waals surface area contributed by atoms with Crippen molar-refractivity contribution >= 4 is 42.3 Å². The Balaban J connectivity index is 0.00000196. The maximum Gasteiger partial charge on any atom is 0.239 e. The number of amides is 1. The van der Waals surface area contributed by atoms with Gasteiger partial charge in [-0.05, 0) is 36.6 Å². The fraction of sp³-hybridized carbons (Fsp3) is 0.381. The van der Waals surface area contributed by atoms with Crippen LogP contribution in [0.3, 0.4) is 0 Å². The van der Waals surface area contributed by atoms with E-state index in [0.29, 0.717) is 12.5 Å². The first-order valence-corrected chi connectivity index (χ1v) is 9.50. The summed E-state index contributed by atoms with van der Waals surface area (Å²) in [5, 5.41) is 0.753. The molecule has 2 N–H and O–H groups in total. The minimum atomic E-state index is -0.474. The first-order chi connectivity index (χ1) is 12.5. The average Bonchev–Trinajstić information content (AvgIpc) is 2.68. The molecule has 2 unspecified atom stereocenters.